The van der Waals surface area contributed by atoms with Crippen LogP contribution in [0.3, 0.4) is 0 Å². The molecule has 30 heavy (non-hydrogen) atoms. The van der Waals surface area contributed by atoms with E-state index in [1.165, 1.54) is 35.6 Å². The van der Waals surface area contributed by atoms with Gasteiger partial charge in [-0.2, -0.15) is 0 Å². The van der Waals surface area contributed by atoms with Crippen molar-refractivity contribution < 1.29 is 18.0 Å². The maximum absolute atomic E-state index is 12.4. The molecule has 2 heterocycles. The molecule has 0 saturated heterocycles. The Hall–Kier alpha value is -1.94. The number of carbonyl (C=O) groups is 2. The highest BCUT2D eigenvalue weighted by molar-refractivity contribution is 7.91. The molecule has 3 N–H and O–H groups in total. The first kappa shape index (κ1) is 22.7. The van der Waals surface area contributed by atoms with Crippen LogP contribution in [0.5, 0.6) is 0 Å². The second-order valence-electron chi connectivity index (χ2n) is 7.12. The second kappa shape index (κ2) is 9.47. The fourth-order valence-electron chi connectivity index (χ4n) is 3.45. The molecule has 0 spiro atoms. The minimum atomic E-state index is -3.49. The van der Waals surface area contributed by atoms with E-state index in [4.69, 9.17) is 17.3 Å². The normalized spacial score (nSPS) is 14.3. The third kappa shape index (κ3) is 5.21. The van der Waals surface area contributed by atoms with Gasteiger partial charge in [-0.25, -0.2) is 8.42 Å². The lowest BCUT2D eigenvalue weighted by Crippen LogP contribution is -2.30. The smallest absolute Gasteiger partial charge is 0.251 e. The molecular formula is C20H24ClN3O4S2. The van der Waals surface area contributed by atoms with Gasteiger partial charge >= 0.3 is 0 Å². The summed E-state index contributed by atoms with van der Waals surface area (Å²) in [6.45, 7) is 4.56. The Morgan fingerprint density at radius 1 is 1.27 bits per heavy atom. The zero-order valence-electron chi connectivity index (χ0n) is 16.6. The van der Waals surface area contributed by atoms with E-state index in [0.29, 0.717) is 22.0 Å². The monoisotopic (exact) mass is 469 g/mol. The number of halogens is 1. The molecule has 7 nitrogen and oxygen atoms in total. The minimum Gasteiger partial charge on any atom is -0.365 e. The molecule has 10 heteroatoms. The van der Waals surface area contributed by atoms with Crippen molar-refractivity contribution in [3.8, 4) is 0 Å². The van der Waals surface area contributed by atoms with Crippen molar-refractivity contribution in [2.45, 2.75) is 37.6 Å². The number of nitrogens with two attached hydrogens (primary N) is 1. The number of amides is 2. The van der Waals surface area contributed by atoms with Gasteiger partial charge in [-0.05, 0) is 49.2 Å². The molecule has 1 aromatic heterocycles. The summed E-state index contributed by atoms with van der Waals surface area (Å²) in [5.74, 6) is -1.05. The number of anilines is 1. The lowest BCUT2D eigenvalue weighted by Gasteiger charge is -2.25. The van der Waals surface area contributed by atoms with Crippen LogP contribution in [0.25, 0.3) is 0 Å². The largest absolute Gasteiger partial charge is 0.365 e. The van der Waals surface area contributed by atoms with Gasteiger partial charge < -0.3 is 11.1 Å². The molecule has 2 amide bonds. The number of thiophene rings is 1. The first-order valence-corrected chi connectivity index (χ1v) is 12.5. The van der Waals surface area contributed by atoms with Crippen LogP contribution >= 0.6 is 22.9 Å². The van der Waals surface area contributed by atoms with Crippen LogP contribution in [-0.4, -0.2) is 44.0 Å². The summed E-state index contributed by atoms with van der Waals surface area (Å²) >= 11 is 7.16. The van der Waals surface area contributed by atoms with Crippen LogP contribution in [-0.2, 0) is 27.6 Å². The number of hydrogen-bond acceptors (Lipinski definition) is 6. The Morgan fingerprint density at radius 2 is 1.97 bits per heavy atom. The van der Waals surface area contributed by atoms with Crippen LogP contribution in [0.4, 0.5) is 5.00 Å². The minimum absolute atomic E-state index is 0.0225. The number of benzene rings is 1. The Labute approximate surface area is 185 Å². The fraction of sp³-hybridized carbons (Fsp3) is 0.400. The topological polar surface area (TPSA) is 110 Å². The molecule has 1 aliphatic heterocycles. The number of fused-ring (bicyclic) bond motifs is 1. The van der Waals surface area contributed by atoms with Crippen molar-refractivity contribution in [3.05, 3.63) is 45.3 Å². The zero-order chi connectivity index (χ0) is 21.9. The van der Waals surface area contributed by atoms with Crippen molar-refractivity contribution in [3.63, 3.8) is 0 Å². The number of nitrogens with one attached hydrogen (secondary N) is 1. The molecule has 3 rings (SSSR count). The Bertz CT molecular complexity index is 1050. The van der Waals surface area contributed by atoms with E-state index in [1.54, 1.807) is 0 Å². The fourth-order valence-corrected chi connectivity index (χ4v) is 6.20. The summed E-state index contributed by atoms with van der Waals surface area (Å²) < 4.78 is 24.8. The van der Waals surface area contributed by atoms with E-state index < -0.39 is 15.7 Å². The quantitative estimate of drug-likeness (QED) is 0.617. The Kier molecular flexibility index (Phi) is 7.18. The first-order valence-electron chi connectivity index (χ1n) is 9.66. The zero-order valence-corrected chi connectivity index (χ0v) is 19.0. The molecule has 1 aliphatic rings. The van der Waals surface area contributed by atoms with Crippen molar-refractivity contribution in [2.24, 2.45) is 5.73 Å². The van der Waals surface area contributed by atoms with E-state index in [1.807, 2.05) is 0 Å². The maximum Gasteiger partial charge on any atom is 0.251 e. The van der Waals surface area contributed by atoms with Crippen LogP contribution < -0.4 is 11.1 Å². The highest BCUT2D eigenvalue weighted by Gasteiger charge is 2.27. The number of sulfone groups is 1. The highest BCUT2D eigenvalue weighted by Crippen LogP contribution is 2.37. The number of hydrogen-bond donors (Lipinski definition) is 2. The van der Waals surface area contributed by atoms with Gasteiger partial charge in [-0.1, -0.05) is 18.5 Å². The molecule has 0 bridgehead atoms. The summed E-state index contributed by atoms with van der Waals surface area (Å²) in [7, 11) is -3.49. The average molecular weight is 470 g/mol. The van der Waals surface area contributed by atoms with Gasteiger partial charge in [0.2, 0.25) is 5.91 Å². The molecule has 0 fully saturated rings. The van der Waals surface area contributed by atoms with Gasteiger partial charge in [-0.3, -0.25) is 14.5 Å². The molecule has 162 valence electrons. The second-order valence-corrected chi connectivity index (χ2v) is 10.8. The summed E-state index contributed by atoms with van der Waals surface area (Å²) in [4.78, 5) is 27.9. The standard InChI is InChI=1S/C20H24ClN3O4S2/c1-2-24-10-9-15-16(12-24)29-20(18(15)19(22)26)23-17(25)4-3-11-30(27,28)14-7-5-13(21)6-8-14/h5-8H,2-4,9-12H2,1H3,(H2,22,26)(H,23,25). The third-order valence-corrected chi connectivity index (χ3v) is 8.27. The molecule has 0 aliphatic carbocycles. The molecule has 0 unspecified atom stereocenters. The summed E-state index contributed by atoms with van der Waals surface area (Å²) in [6.07, 6.45) is 0.902. The van der Waals surface area contributed by atoms with Crippen molar-refractivity contribution >= 4 is 49.6 Å². The van der Waals surface area contributed by atoms with Gasteiger partial charge in [0, 0.05) is 29.4 Å². The Balaban J connectivity index is 1.63. The summed E-state index contributed by atoms with van der Waals surface area (Å²) in [5.41, 5.74) is 6.87. The van der Waals surface area contributed by atoms with E-state index >= 15 is 0 Å². The van der Waals surface area contributed by atoms with Crippen LogP contribution in [0.1, 0.15) is 40.6 Å². The first-order chi connectivity index (χ1) is 14.2. The average Bonchev–Trinajstić information content (AvgIpc) is 3.04. The van der Waals surface area contributed by atoms with Crippen molar-refractivity contribution in [1.82, 2.24) is 4.90 Å². The SMILES string of the molecule is CCN1CCc2c(sc(NC(=O)CCCS(=O)(=O)c3ccc(Cl)cc3)c2C(N)=O)C1. The van der Waals surface area contributed by atoms with Crippen molar-refractivity contribution in [1.29, 1.82) is 0 Å². The number of rotatable bonds is 8. The van der Waals surface area contributed by atoms with E-state index in [0.717, 1.165) is 30.1 Å². The Morgan fingerprint density at radius 3 is 2.60 bits per heavy atom. The molecular weight excluding hydrogens is 446 g/mol. The number of nitrogens with zero attached hydrogens (tertiary/aromatic N) is 1. The predicted octanol–water partition coefficient (Wildman–Crippen LogP) is 3.07. The van der Waals surface area contributed by atoms with E-state index in [2.05, 4.69) is 17.1 Å². The predicted molar refractivity (Wildman–Crippen MR) is 119 cm³/mol. The third-order valence-electron chi connectivity index (χ3n) is 5.07. The molecule has 0 radical (unpaired) electrons. The van der Waals surface area contributed by atoms with Crippen molar-refractivity contribution in [2.75, 3.05) is 24.2 Å². The number of carbonyl (C=O) groups excluding carboxylic acids is 2. The molecule has 1 aromatic carbocycles. The summed E-state index contributed by atoms with van der Waals surface area (Å²) in [5, 5.41) is 3.68. The lowest BCUT2D eigenvalue weighted by atomic mass is 10.0. The van der Waals surface area contributed by atoms with E-state index in [-0.39, 0.29) is 29.4 Å². The van der Waals surface area contributed by atoms with Gasteiger partial charge in [-0.15, -0.1) is 11.3 Å². The van der Waals surface area contributed by atoms with Gasteiger partial charge in [0.1, 0.15) is 5.00 Å². The molecule has 2 aromatic rings. The molecule has 0 atom stereocenters. The highest BCUT2D eigenvalue weighted by atomic mass is 35.5. The number of likely N-dealkylation sites (N-methyl/N-ethyl adjacent to an activating group) is 1. The van der Waals surface area contributed by atoms with Crippen LogP contribution in [0, 0.1) is 0 Å². The van der Waals surface area contributed by atoms with E-state index in [9.17, 15) is 18.0 Å². The maximum atomic E-state index is 12.4. The van der Waals surface area contributed by atoms with Crippen LogP contribution in [0.2, 0.25) is 5.02 Å². The lowest BCUT2D eigenvalue weighted by molar-refractivity contribution is -0.116. The molecule has 0 saturated carbocycles. The number of primary amides is 1. The van der Waals surface area contributed by atoms with Crippen LogP contribution in [0.15, 0.2) is 29.2 Å². The van der Waals surface area contributed by atoms with Gasteiger partial charge in [0.25, 0.3) is 5.91 Å². The van der Waals surface area contributed by atoms with Gasteiger partial charge in [0.15, 0.2) is 9.84 Å². The van der Waals surface area contributed by atoms with Gasteiger partial charge in [0.05, 0.1) is 16.2 Å². The summed E-state index contributed by atoms with van der Waals surface area (Å²) in [6, 6.07) is 5.94.